The van der Waals surface area contributed by atoms with Gasteiger partial charge in [-0.05, 0) is 24.3 Å². The van der Waals surface area contributed by atoms with Gasteiger partial charge in [-0.1, -0.05) is 29.8 Å². The Morgan fingerprint density at radius 2 is 1.81 bits per heavy atom. The second-order valence-corrected chi connectivity index (χ2v) is 7.60. The summed E-state index contributed by atoms with van der Waals surface area (Å²) in [7, 11) is 0. The van der Waals surface area contributed by atoms with Crippen molar-refractivity contribution < 1.29 is 22.7 Å². The molecule has 1 saturated heterocycles. The fourth-order valence-corrected chi connectivity index (χ4v) is 3.69. The van der Waals surface area contributed by atoms with E-state index in [0.717, 1.165) is 16.8 Å². The molecular weight excluding hydrogens is 449 g/mol. The Bertz CT molecular complexity index is 1220. The maximum Gasteiger partial charge on any atom is 0.418 e. The van der Waals surface area contributed by atoms with Crippen LogP contribution in [-0.2, 0) is 22.3 Å². The largest absolute Gasteiger partial charge is 0.418 e. The molecule has 0 saturated carbocycles. The van der Waals surface area contributed by atoms with Crippen molar-refractivity contribution >= 4 is 39.8 Å². The van der Waals surface area contributed by atoms with Crippen molar-refractivity contribution in [3.05, 3.63) is 63.4 Å². The number of amides is 1. The van der Waals surface area contributed by atoms with Crippen LogP contribution in [0.3, 0.4) is 0 Å². The normalized spacial score (nSPS) is 14.6. The minimum absolute atomic E-state index is 0.113. The summed E-state index contributed by atoms with van der Waals surface area (Å²) in [5.74, 6) is -0.311. The maximum absolute atomic E-state index is 13.3. The molecule has 0 bridgehead atoms. The van der Waals surface area contributed by atoms with E-state index in [-0.39, 0.29) is 5.02 Å². The van der Waals surface area contributed by atoms with Gasteiger partial charge in [0.15, 0.2) is 5.82 Å². The SMILES string of the molecule is O=C(Cn1nc(N2CCOCC2)c2ccccc2c1=O)Nc1ccc(Cl)cc1C(F)(F)F. The number of carbonyl (C=O) groups excluding carboxylic acids is 1. The molecule has 1 amide bonds. The van der Waals surface area contributed by atoms with Crippen LogP contribution in [0, 0.1) is 0 Å². The van der Waals surface area contributed by atoms with Crippen molar-refractivity contribution in [3.63, 3.8) is 0 Å². The summed E-state index contributed by atoms with van der Waals surface area (Å²) < 4.78 is 46.3. The van der Waals surface area contributed by atoms with Gasteiger partial charge in [0.1, 0.15) is 6.54 Å². The molecule has 11 heteroatoms. The van der Waals surface area contributed by atoms with Gasteiger partial charge in [-0.25, -0.2) is 4.68 Å². The fourth-order valence-electron chi connectivity index (χ4n) is 3.52. The summed E-state index contributed by atoms with van der Waals surface area (Å²) in [5.41, 5.74) is -2.04. The number of morpholine rings is 1. The standard InChI is InChI=1S/C21H18ClF3N4O3/c22-13-5-6-17(16(11-13)21(23,24)25)26-18(30)12-29-20(31)15-4-2-1-3-14(15)19(27-29)28-7-9-32-10-8-28/h1-6,11H,7-10,12H2,(H,26,30). The number of hydrogen-bond donors (Lipinski definition) is 1. The van der Waals surface area contributed by atoms with Crippen LogP contribution in [0.25, 0.3) is 10.8 Å². The highest BCUT2D eigenvalue weighted by Crippen LogP contribution is 2.36. The van der Waals surface area contributed by atoms with E-state index in [2.05, 4.69) is 10.4 Å². The number of alkyl halides is 3. The predicted molar refractivity (Wildman–Crippen MR) is 114 cm³/mol. The second-order valence-electron chi connectivity index (χ2n) is 7.17. The van der Waals surface area contributed by atoms with Gasteiger partial charge in [0, 0.05) is 23.5 Å². The number of nitrogens with one attached hydrogen (secondary N) is 1. The van der Waals surface area contributed by atoms with Crippen LogP contribution < -0.4 is 15.8 Å². The van der Waals surface area contributed by atoms with Gasteiger partial charge in [-0.3, -0.25) is 9.59 Å². The molecule has 1 aliphatic rings. The highest BCUT2D eigenvalue weighted by Gasteiger charge is 2.34. The average Bonchev–Trinajstić information content (AvgIpc) is 2.77. The fraction of sp³-hybridized carbons (Fsp3) is 0.286. The average molecular weight is 467 g/mol. The summed E-state index contributed by atoms with van der Waals surface area (Å²) in [5, 5.41) is 7.46. The number of fused-ring (bicyclic) bond motifs is 1. The first kappa shape index (κ1) is 22.1. The molecule has 0 spiro atoms. The number of anilines is 2. The van der Waals surface area contributed by atoms with Gasteiger partial charge in [0.05, 0.1) is 29.9 Å². The topological polar surface area (TPSA) is 76.5 Å². The number of ether oxygens (including phenoxy) is 1. The highest BCUT2D eigenvalue weighted by atomic mass is 35.5. The number of carbonyl (C=O) groups is 1. The minimum atomic E-state index is -4.71. The van der Waals surface area contributed by atoms with E-state index < -0.39 is 35.4 Å². The first-order chi connectivity index (χ1) is 15.2. The Hall–Kier alpha value is -3.11. The Kier molecular flexibility index (Phi) is 6.07. The van der Waals surface area contributed by atoms with Gasteiger partial charge < -0.3 is 15.0 Å². The number of rotatable bonds is 4. The van der Waals surface area contributed by atoms with Gasteiger partial charge in [0.2, 0.25) is 5.91 Å². The molecule has 0 aliphatic carbocycles. The van der Waals surface area contributed by atoms with E-state index in [4.69, 9.17) is 16.3 Å². The maximum atomic E-state index is 13.3. The van der Waals surface area contributed by atoms with E-state index in [1.165, 1.54) is 6.07 Å². The van der Waals surface area contributed by atoms with Crippen LogP contribution in [0.5, 0.6) is 0 Å². The van der Waals surface area contributed by atoms with E-state index >= 15 is 0 Å². The molecule has 3 aromatic rings. The molecule has 168 valence electrons. The summed E-state index contributed by atoms with van der Waals surface area (Å²) in [4.78, 5) is 27.4. The van der Waals surface area contributed by atoms with Crippen molar-refractivity contribution in [2.24, 2.45) is 0 Å². The third-order valence-corrected chi connectivity index (χ3v) is 5.25. The van der Waals surface area contributed by atoms with Crippen molar-refractivity contribution in [2.75, 3.05) is 36.5 Å². The Balaban J connectivity index is 1.67. The predicted octanol–water partition coefficient (Wildman–Crippen LogP) is 3.54. The van der Waals surface area contributed by atoms with E-state index in [0.29, 0.717) is 42.9 Å². The Morgan fingerprint density at radius 3 is 2.50 bits per heavy atom. The van der Waals surface area contributed by atoms with Crippen molar-refractivity contribution in [3.8, 4) is 0 Å². The van der Waals surface area contributed by atoms with Gasteiger partial charge in [-0.2, -0.15) is 18.3 Å². The van der Waals surface area contributed by atoms with Crippen LogP contribution in [0.15, 0.2) is 47.3 Å². The molecule has 4 rings (SSSR count). The minimum Gasteiger partial charge on any atom is -0.378 e. The Labute approximate surface area is 185 Å². The number of aromatic nitrogens is 2. The van der Waals surface area contributed by atoms with Crippen LogP contribution in [0.1, 0.15) is 5.56 Å². The van der Waals surface area contributed by atoms with Crippen molar-refractivity contribution in [1.82, 2.24) is 9.78 Å². The molecule has 1 N–H and O–H groups in total. The Morgan fingerprint density at radius 1 is 1.12 bits per heavy atom. The van der Waals surface area contributed by atoms with Crippen molar-refractivity contribution in [1.29, 1.82) is 0 Å². The van der Waals surface area contributed by atoms with Crippen LogP contribution in [-0.4, -0.2) is 42.0 Å². The zero-order valence-corrected chi connectivity index (χ0v) is 17.4. The quantitative estimate of drug-likeness (QED) is 0.636. The zero-order valence-electron chi connectivity index (χ0n) is 16.7. The lowest BCUT2D eigenvalue weighted by Gasteiger charge is -2.29. The van der Waals surface area contributed by atoms with Gasteiger partial charge >= 0.3 is 6.18 Å². The van der Waals surface area contributed by atoms with Crippen LogP contribution >= 0.6 is 11.6 Å². The monoisotopic (exact) mass is 466 g/mol. The van der Waals surface area contributed by atoms with E-state index in [1.54, 1.807) is 24.3 Å². The second kappa shape index (κ2) is 8.79. The summed E-state index contributed by atoms with van der Waals surface area (Å²) in [6.45, 7) is 1.54. The molecule has 2 aromatic carbocycles. The third kappa shape index (κ3) is 4.56. The highest BCUT2D eigenvalue weighted by molar-refractivity contribution is 6.30. The van der Waals surface area contributed by atoms with Crippen molar-refractivity contribution in [2.45, 2.75) is 12.7 Å². The summed E-state index contributed by atoms with van der Waals surface area (Å²) >= 11 is 5.67. The molecule has 1 aromatic heterocycles. The van der Waals surface area contributed by atoms with Crippen LogP contribution in [0.4, 0.5) is 24.7 Å². The zero-order chi connectivity index (χ0) is 22.9. The summed E-state index contributed by atoms with van der Waals surface area (Å²) in [6.07, 6.45) is -4.71. The first-order valence-corrected chi connectivity index (χ1v) is 10.1. The number of nitrogens with zero attached hydrogens (tertiary/aromatic N) is 3. The lowest BCUT2D eigenvalue weighted by Crippen LogP contribution is -2.39. The molecule has 7 nitrogen and oxygen atoms in total. The molecule has 1 aliphatic heterocycles. The molecular formula is C21H18ClF3N4O3. The molecule has 2 heterocycles. The smallest absolute Gasteiger partial charge is 0.378 e. The van der Waals surface area contributed by atoms with E-state index in [9.17, 15) is 22.8 Å². The molecule has 0 unspecified atom stereocenters. The number of halogens is 4. The van der Waals surface area contributed by atoms with Gasteiger partial charge in [0.25, 0.3) is 5.56 Å². The molecule has 1 fully saturated rings. The molecule has 32 heavy (non-hydrogen) atoms. The number of hydrogen-bond acceptors (Lipinski definition) is 5. The third-order valence-electron chi connectivity index (χ3n) is 5.01. The number of benzene rings is 2. The van der Waals surface area contributed by atoms with Crippen LogP contribution in [0.2, 0.25) is 5.02 Å². The van der Waals surface area contributed by atoms with Gasteiger partial charge in [-0.15, -0.1) is 0 Å². The lowest BCUT2D eigenvalue weighted by molar-refractivity contribution is -0.137. The van der Waals surface area contributed by atoms with E-state index in [1.807, 2.05) is 4.90 Å². The first-order valence-electron chi connectivity index (χ1n) is 9.73. The molecule has 0 radical (unpaired) electrons. The lowest BCUT2D eigenvalue weighted by atomic mass is 10.1. The summed E-state index contributed by atoms with van der Waals surface area (Å²) in [6, 6.07) is 9.90. The molecule has 0 atom stereocenters.